The summed E-state index contributed by atoms with van der Waals surface area (Å²) in [7, 11) is 0. The number of aliphatic carboxylic acids is 1. The van der Waals surface area contributed by atoms with Crippen molar-refractivity contribution in [3.05, 3.63) is 77.7 Å². The highest BCUT2D eigenvalue weighted by atomic mass is 16.4. The van der Waals surface area contributed by atoms with Crippen molar-refractivity contribution in [2.45, 2.75) is 12.5 Å². The first-order chi connectivity index (χ1) is 10.6. The van der Waals surface area contributed by atoms with Gasteiger partial charge in [0.1, 0.15) is 0 Å². The van der Waals surface area contributed by atoms with E-state index >= 15 is 0 Å². The van der Waals surface area contributed by atoms with E-state index in [2.05, 4.69) is 11.2 Å². The third kappa shape index (κ3) is 3.97. The molecule has 22 heavy (non-hydrogen) atoms. The molecule has 0 aliphatic rings. The molecule has 1 radical (unpaired) electrons. The number of benzene rings is 2. The first kappa shape index (κ1) is 15.3. The summed E-state index contributed by atoms with van der Waals surface area (Å²) in [5.74, 6) is 0.888. The van der Waals surface area contributed by atoms with Crippen LogP contribution in [0.4, 0.5) is 0 Å². The topological polar surface area (TPSA) is 66.4 Å². The Bertz CT molecular complexity index is 699. The molecule has 1 atom stereocenters. The Kier molecular flexibility index (Phi) is 4.94. The van der Waals surface area contributed by atoms with Crippen LogP contribution in [-0.2, 0) is 4.79 Å². The molecule has 0 fully saturated rings. The summed E-state index contributed by atoms with van der Waals surface area (Å²) < 4.78 is 0. The van der Waals surface area contributed by atoms with Crippen molar-refractivity contribution in [1.82, 2.24) is 5.32 Å². The maximum Gasteiger partial charge on any atom is 0.305 e. The second-order valence-corrected chi connectivity index (χ2v) is 4.74. The minimum Gasteiger partial charge on any atom is -0.481 e. The highest BCUT2D eigenvalue weighted by molar-refractivity contribution is 5.94. The Labute approximate surface area is 128 Å². The molecular formula is C18H14NO3. The van der Waals surface area contributed by atoms with Gasteiger partial charge in [0.05, 0.1) is 12.5 Å². The van der Waals surface area contributed by atoms with E-state index in [1.807, 2.05) is 6.07 Å². The van der Waals surface area contributed by atoms with Gasteiger partial charge in [-0.15, -0.1) is 0 Å². The summed E-state index contributed by atoms with van der Waals surface area (Å²) in [5, 5.41) is 11.7. The zero-order valence-corrected chi connectivity index (χ0v) is 11.7. The number of amides is 1. The van der Waals surface area contributed by atoms with E-state index in [4.69, 9.17) is 11.5 Å². The number of carbonyl (C=O) groups is 2. The third-order valence-electron chi connectivity index (χ3n) is 3.18. The van der Waals surface area contributed by atoms with Crippen LogP contribution in [-0.4, -0.2) is 17.0 Å². The van der Waals surface area contributed by atoms with Gasteiger partial charge in [-0.25, -0.2) is 0 Å². The molecule has 2 N–H and O–H groups in total. The minimum absolute atomic E-state index is 0.192. The number of carboxylic acids is 1. The maximum absolute atomic E-state index is 12.2. The standard InChI is InChI=1S/C18H14NO3/c1-2-13-8-10-15(11-9-13)18(22)19-16(12-17(20)21)14-6-4-3-5-7-14/h3-11,16H,12H2,(H,19,22)(H,20,21). The predicted molar refractivity (Wildman–Crippen MR) is 81.6 cm³/mol. The molecule has 4 nitrogen and oxygen atoms in total. The first-order valence-electron chi connectivity index (χ1n) is 6.70. The van der Waals surface area contributed by atoms with Gasteiger partial charge in [-0.3, -0.25) is 9.59 Å². The van der Waals surface area contributed by atoms with Gasteiger partial charge < -0.3 is 10.4 Å². The summed E-state index contributed by atoms with van der Waals surface area (Å²) in [6.45, 7) is 0. The van der Waals surface area contributed by atoms with Crippen LogP contribution in [0.15, 0.2) is 54.6 Å². The number of hydrogen-bond acceptors (Lipinski definition) is 2. The van der Waals surface area contributed by atoms with E-state index < -0.39 is 12.0 Å². The average Bonchev–Trinajstić information content (AvgIpc) is 2.54. The fourth-order valence-corrected chi connectivity index (χ4v) is 2.06. The number of carboxylic acid groups (broad SMARTS) is 1. The van der Waals surface area contributed by atoms with Gasteiger partial charge in [-0.05, 0) is 36.3 Å². The van der Waals surface area contributed by atoms with Crippen LogP contribution in [0, 0.1) is 12.3 Å². The van der Waals surface area contributed by atoms with Crippen LogP contribution in [0.1, 0.15) is 33.9 Å². The van der Waals surface area contributed by atoms with Crippen LogP contribution in [0.5, 0.6) is 0 Å². The van der Waals surface area contributed by atoms with E-state index in [-0.39, 0.29) is 12.3 Å². The lowest BCUT2D eigenvalue weighted by Gasteiger charge is -2.17. The largest absolute Gasteiger partial charge is 0.481 e. The Morgan fingerprint density at radius 3 is 2.27 bits per heavy atom. The number of rotatable bonds is 5. The molecule has 2 rings (SSSR count). The van der Waals surface area contributed by atoms with Crippen LogP contribution < -0.4 is 5.32 Å². The van der Waals surface area contributed by atoms with Crippen molar-refractivity contribution in [3.8, 4) is 5.92 Å². The molecule has 0 heterocycles. The normalized spacial score (nSPS) is 11.2. The molecule has 0 saturated carbocycles. The predicted octanol–water partition coefficient (Wildman–Crippen LogP) is 2.57. The molecule has 109 valence electrons. The second kappa shape index (κ2) is 7.09. The highest BCUT2D eigenvalue weighted by Gasteiger charge is 2.18. The van der Waals surface area contributed by atoms with E-state index in [0.29, 0.717) is 11.1 Å². The Balaban J connectivity index is 2.17. The zero-order chi connectivity index (χ0) is 15.9. The fraction of sp³-hybridized carbons (Fsp3) is 0.111. The van der Waals surface area contributed by atoms with Gasteiger partial charge in [-0.2, -0.15) is 0 Å². The summed E-state index contributed by atoms with van der Waals surface area (Å²) in [6.07, 6.45) is 6.82. The van der Waals surface area contributed by atoms with Crippen LogP contribution in [0.25, 0.3) is 0 Å². The number of hydrogen-bond donors (Lipinski definition) is 2. The molecule has 1 amide bonds. The van der Waals surface area contributed by atoms with Crippen LogP contribution in [0.3, 0.4) is 0 Å². The highest BCUT2D eigenvalue weighted by Crippen LogP contribution is 2.17. The Morgan fingerprint density at radius 2 is 1.73 bits per heavy atom. The fourth-order valence-electron chi connectivity index (χ4n) is 2.06. The molecule has 1 unspecified atom stereocenters. The molecule has 2 aromatic carbocycles. The molecule has 0 aliphatic heterocycles. The van der Waals surface area contributed by atoms with Crippen LogP contribution in [0.2, 0.25) is 0 Å². The minimum atomic E-state index is -0.983. The monoisotopic (exact) mass is 292 g/mol. The molecular weight excluding hydrogens is 278 g/mol. The molecule has 0 spiro atoms. The van der Waals surface area contributed by atoms with Crippen molar-refractivity contribution in [2.24, 2.45) is 0 Å². The molecule has 0 aliphatic carbocycles. The summed E-state index contributed by atoms with van der Waals surface area (Å²) in [6, 6.07) is 14.8. The van der Waals surface area contributed by atoms with Gasteiger partial charge in [0.15, 0.2) is 0 Å². The van der Waals surface area contributed by atoms with Gasteiger partial charge >= 0.3 is 5.97 Å². The van der Waals surface area contributed by atoms with Gasteiger partial charge in [-0.1, -0.05) is 36.3 Å². The van der Waals surface area contributed by atoms with Gasteiger partial charge in [0.2, 0.25) is 0 Å². The molecule has 0 saturated heterocycles. The van der Waals surface area contributed by atoms with Crippen LogP contribution >= 0.6 is 0 Å². The summed E-state index contributed by atoms with van der Waals surface area (Å²) in [5.41, 5.74) is 1.72. The zero-order valence-electron chi connectivity index (χ0n) is 11.7. The number of nitrogens with one attached hydrogen (secondary N) is 1. The lowest BCUT2D eigenvalue weighted by Crippen LogP contribution is -2.30. The molecule has 4 heteroatoms. The van der Waals surface area contributed by atoms with Gasteiger partial charge in [0, 0.05) is 11.1 Å². The number of carbonyl (C=O) groups excluding carboxylic acids is 1. The SMILES string of the molecule is [C]#Cc1ccc(C(=O)NC(CC(=O)O)c2ccccc2)cc1. The lowest BCUT2D eigenvalue weighted by atomic mass is 10.0. The first-order valence-corrected chi connectivity index (χ1v) is 6.70. The van der Waals surface area contributed by atoms with Crippen molar-refractivity contribution in [3.63, 3.8) is 0 Å². The Morgan fingerprint density at radius 1 is 1.09 bits per heavy atom. The quantitative estimate of drug-likeness (QED) is 0.832. The van der Waals surface area contributed by atoms with E-state index in [1.165, 1.54) is 0 Å². The second-order valence-electron chi connectivity index (χ2n) is 4.74. The van der Waals surface area contributed by atoms with Crippen molar-refractivity contribution < 1.29 is 14.7 Å². The smallest absolute Gasteiger partial charge is 0.305 e. The summed E-state index contributed by atoms with van der Waals surface area (Å²) >= 11 is 0. The van der Waals surface area contributed by atoms with Gasteiger partial charge in [0.25, 0.3) is 5.91 Å². The van der Waals surface area contributed by atoms with E-state index in [1.54, 1.807) is 48.5 Å². The maximum atomic E-state index is 12.2. The molecule has 0 aromatic heterocycles. The third-order valence-corrected chi connectivity index (χ3v) is 3.18. The Hall–Kier alpha value is -3.06. The van der Waals surface area contributed by atoms with E-state index in [9.17, 15) is 9.59 Å². The molecule has 0 bridgehead atoms. The lowest BCUT2D eigenvalue weighted by molar-refractivity contribution is -0.137. The average molecular weight is 292 g/mol. The van der Waals surface area contributed by atoms with Crippen molar-refractivity contribution in [1.29, 1.82) is 0 Å². The molecule has 2 aromatic rings. The van der Waals surface area contributed by atoms with Crippen molar-refractivity contribution in [2.75, 3.05) is 0 Å². The van der Waals surface area contributed by atoms with Crippen molar-refractivity contribution >= 4 is 11.9 Å². The summed E-state index contributed by atoms with van der Waals surface area (Å²) in [4.78, 5) is 23.2. The van der Waals surface area contributed by atoms with E-state index in [0.717, 1.165) is 5.56 Å².